The molecule has 0 aliphatic heterocycles. The molecule has 0 aliphatic rings. The third-order valence-corrected chi connectivity index (χ3v) is 4.71. The molecule has 0 saturated carbocycles. The zero-order valence-electron chi connectivity index (χ0n) is 15.7. The molecular weight excluding hydrogens is 346 g/mol. The molecular formula is C18H21N7O2. The highest BCUT2D eigenvalue weighted by molar-refractivity contribution is 5.86. The van der Waals surface area contributed by atoms with Gasteiger partial charge >= 0.3 is 5.69 Å². The largest absolute Gasteiger partial charge is 0.377 e. The van der Waals surface area contributed by atoms with E-state index in [-0.39, 0.29) is 5.69 Å². The van der Waals surface area contributed by atoms with Crippen molar-refractivity contribution in [2.24, 2.45) is 21.1 Å². The Hall–Kier alpha value is -3.20. The standard InChI is InChI=1S/C18H21N7O2/c1-23-13-6-5-11(7-14(13)24(2)18(23)26)8-19-16-12-9-20-25(3)17(12)22-15(21-16)10-27-4/h5-7,9H,8,10H2,1-4H3,(H,19,21,22). The van der Waals surface area contributed by atoms with Gasteiger partial charge in [-0.2, -0.15) is 5.10 Å². The number of benzene rings is 1. The first-order chi connectivity index (χ1) is 13.0. The van der Waals surface area contributed by atoms with Gasteiger partial charge in [0.15, 0.2) is 11.5 Å². The van der Waals surface area contributed by atoms with Crippen molar-refractivity contribution in [2.45, 2.75) is 13.2 Å². The lowest BCUT2D eigenvalue weighted by atomic mass is 10.2. The number of aryl methyl sites for hydroxylation is 3. The molecule has 1 aromatic carbocycles. The van der Waals surface area contributed by atoms with Gasteiger partial charge in [-0.25, -0.2) is 14.8 Å². The van der Waals surface area contributed by atoms with Crippen LogP contribution in [0.15, 0.2) is 29.2 Å². The number of nitrogens with zero attached hydrogens (tertiary/aromatic N) is 6. The van der Waals surface area contributed by atoms with E-state index in [0.29, 0.717) is 24.8 Å². The smallest absolute Gasteiger partial charge is 0.328 e. The second-order valence-corrected chi connectivity index (χ2v) is 6.50. The lowest BCUT2D eigenvalue weighted by molar-refractivity contribution is 0.178. The van der Waals surface area contributed by atoms with Gasteiger partial charge < -0.3 is 10.1 Å². The molecule has 0 unspecified atom stereocenters. The molecule has 0 radical (unpaired) electrons. The zero-order chi connectivity index (χ0) is 19.1. The Balaban J connectivity index is 1.68. The molecule has 0 amide bonds. The first kappa shape index (κ1) is 17.2. The maximum Gasteiger partial charge on any atom is 0.328 e. The minimum absolute atomic E-state index is 0.0350. The van der Waals surface area contributed by atoms with E-state index in [1.54, 1.807) is 41.2 Å². The summed E-state index contributed by atoms with van der Waals surface area (Å²) in [6.45, 7) is 0.889. The maximum absolute atomic E-state index is 12.1. The molecule has 9 heteroatoms. The summed E-state index contributed by atoms with van der Waals surface area (Å²) in [5.74, 6) is 1.30. The van der Waals surface area contributed by atoms with E-state index in [4.69, 9.17) is 4.74 Å². The molecule has 0 spiro atoms. The summed E-state index contributed by atoms with van der Waals surface area (Å²) in [5, 5.41) is 8.49. The van der Waals surface area contributed by atoms with E-state index in [1.807, 2.05) is 25.2 Å². The van der Waals surface area contributed by atoms with Gasteiger partial charge in [0.05, 0.1) is 22.6 Å². The molecule has 4 rings (SSSR count). The summed E-state index contributed by atoms with van der Waals surface area (Å²) in [6, 6.07) is 5.98. The molecule has 3 heterocycles. The number of hydrogen-bond acceptors (Lipinski definition) is 6. The minimum Gasteiger partial charge on any atom is -0.377 e. The number of methoxy groups -OCH3 is 1. The van der Waals surface area contributed by atoms with Crippen LogP contribution in [-0.2, 0) is 39.0 Å². The second-order valence-electron chi connectivity index (χ2n) is 6.50. The van der Waals surface area contributed by atoms with E-state index < -0.39 is 0 Å². The summed E-state index contributed by atoms with van der Waals surface area (Å²) in [5.41, 5.74) is 3.57. The summed E-state index contributed by atoms with van der Waals surface area (Å²) < 4.78 is 10.2. The number of anilines is 1. The third kappa shape index (κ3) is 2.85. The Kier molecular flexibility index (Phi) is 4.15. The number of rotatable bonds is 5. The second kappa shape index (κ2) is 6.51. The Morgan fingerprint density at radius 1 is 1.11 bits per heavy atom. The molecule has 0 aliphatic carbocycles. The predicted molar refractivity (Wildman–Crippen MR) is 103 cm³/mol. The van der Waals surface area contributed by atoms with Crippen molar-refractivity contribution in [3.8, 4) is 0 Å². The van der Waals surface area contributed by atoms with Gasteiger partial charge in [-0.15, -0.1) is 0 Å². The number of fused-ring (bicyclic) bond motifs is 2. The predicted octanol–water partition coefficient (Wildman–Crippen LogP) is 1.31. The van der Waals surface area contributed by atoms with Crippen LogP contribution < -0.4 is 11.0 Å². The highest BCUT2D eigenvalue weighted by Gasteiger charge is 2.12. The van der Waals surface area contributed by atoms with Crippen LogP contribution in [0.4, 0.5) is 5.82 Å². The molecule has 9 nitrogen and oxygen atoms in total. The molecule has 4 aromatic rings. The topological polar surface area (TPSA) is 91.8 Å². The van der Waals surface area contributed by atoms with Gasteiger partial charge in [0, 0.05) is 34.8 Å². The third-order valence-electron chi connectivity index (χ3n) is 4.71. The molecule has 3 aromatic heterocycles. The molecule has 0 atom stereocenters. The van der Waals surface area contributed by atoms with Crippen molar-refractivity contribution in [1.29, 1.82) is 0 Å². The van der Waals surface area contributed by atoms with Crippen LogP contribution in [0, 0.1) is 0 Å². The Morgan fingerprint density at radius 2 is 1.89 bits per heavy atom. The maximum atomic E-state index is 12.1. The van der Waals surface area contributed by atoms with Crippen molar-refractivity contribution in [3.63, 3.8) is 0 Å². The molecule has 27 heavy (non-hydrogen) atoms. The molecule has 0 saturated heterocycles. The monoisotopic (exact) mass is 367 g/mol. The van der Waals surface area contributed by atoms with Gasteiger partial charge in [-0.1, -0.05) is 6.07 Å². The van der Waals surface area contributed by atoms with Gasteiger partial charge in [0.1, 0.15) is 12.4 Å². The average Bonchev–Trinajstić information content (AvgIpc) is 3.14. The first-order valence-electron chi connectivity index (χ1n) is 8.55. The lowest BCUT2D eigenvalue weighted by Crippen LogP contribution is -2.19. The zero-order valence-corrected chi connectivity index (χ0v) is 15.7. The van der Waals surface area contributed by atoms with Crippen LogP contribution in [0.5, 0.6) is 0 Å². The van der Waals surface area contributed by atoms with Crippen LogP contribution in [0.25, 0.3) is 22.1 Å². The van der Waals surface area contributed by atoms with E-state index in [2.05, 4.69) is 20.4 Å². The normalized spacial score (nSPS) is 11.6. The summed E-state index contributed by atoms with van der Waals surface area (Å²) >= 11 is 0. The van der Waals surface area contributed by atoms with E-state index in [1.165, 1.54) is 0 Å². The number of hydrogen-bond donors (Lipinski definition) is 1. The minimum atomic E-state index is -0.0350. The Labute approximate surface area is 155 Å². The Morgan fingerprint density at radius 3 is 2.67 bits per heavy atom. The van der Waals surface area contributed by atoms with E-state index >= 15 is 0 Å². The summed E-state index contributed by atoms with van der Waals surface area (Å²) in [7, 11) is 7.02. The van der Waals surface area contributed by atoms with E-state index in [0.717, 1.165) is 27.6 Å². The summed E-state index contributed by atoms with van der Waals surface area (Å²) in [6.07, 6.45) is 1.75. The summed E-state index contributed by atoms with van der Waals surface area (Å²) in [4.78, 5) is 21.1. The van der Waals surface area contributed by atoms with Crippen molar-refractivity contribution in [2.75, 3.05) is 12.4 Å². The fourth-order valence-corrected chi connectivity index (χ4v) is 3.24. The van der Waals surface area contributed by atoms with Gasteiger partial charge in [-0.05, 0) is 17.7 Å². The SMILES string of the molecule is COCc1nc(NCc2ccc3c(c2)n(C)c(=O)n3C)c2cnn(C)c2n1. The van der Waals surface area contributed by atoms with Gasteiger partial charge in [0.25, 0.3) is 0 Å². The molecule has 0 bridgehead atoms. The van der Waals surface area contributed by atoms with Gasteiger partial charge in [-0.3, -0.25) is 13.8 Å². The fourth-order valence-electron chi connectivity index (χ4n) is 3.24. The molecule has 0 fully saturated rings. The number of imidazole rings is 1. The van der Waals surface area contributed by atoms with Gasteiger partial charge in [0.2, 0.25) is 0 Å². The molecule has 140 valence electrons. The quantitative estimate of drug-likeness (QED) is 0.572. The number of nitrogens with one attached hydrogen (secondary N) is 1. The number of ether oxygens (including phenoxy) is 1. The van der Waals surface area contributed by atoms with Crippen molar-refractivity contribution >= 4 is 27.9 Å². The van der Waals surface area contributed by atoms with Crippen LogP contribution in [0.3, 0.4) is 0 Å². The highest BCUT2D eigenvalue weighted by atomic mass is 16.5. The van der Waals surface area contributed by atoms with Crippen molar-refractivity contribution in [1.82, 2.24) is 28.9 Å². The van der Waals surface area contributed by atoms with Crippen LogP contribution in [0.1, 0.15) is 11.4 Å². The van der Waals surface area contributed by atoms with Crippen LogP contribution in [-0.4, -0.2) is 36.0 Å². The van der Waals surface area contributed by atoms with Crippen LogP contribution in [0.2, 0.25) is 0 Å². The van der Waals surface area contributed by atoms with E-state index in [9.17, 15) is 4.79 Å². The van der Waals surface area contributed by atoms with Crippen LogP contribution >= 0.6 is 0 Å². The highest BCUT2D eigenvalue weighted by Crippen LogP contribution is 2.21. The lowest BCUT2D eigenvalue weighted by Gasteiger charge is -2.09. The number of aromatic nitrogens is 6. The Bertz CT molecular complexity index is 1200. The molecule has 1 N–H and O–H groups in total. The average molecular weight is 367 g/mol. The van der Waals surface area contributed by atoms with Crippen molar-refractivity contribution in [3.05, 3.63) is 46.3 Å². The van der Waals surface area contributed by atoms with Crippen molar-refractivity contribution < 1.29 is 4.74 Å². The fraction of sp³-hybridized carbons (Fsp3) is 0.333. The first-order valence-corrected chi connectivity index (χ1v) is 8.55.